The van der Waals surface area contributed by atoms with Crippen LogP contribution in [0.1, 0.15) is 41.3 Å². The number of anilines is 2. The average Bonchev–Trinajstić information content (AvgIpc) is 2.93. The Balaban J connectivity index is 1.14. The van der Waals surface area contributed by atoms with E-state index >= 15 is 0 Å². The molecule has 0 bridgehead atoms. The summed E-state index contributed by atoms with van der Waals surface area (Å²) in [6, 6.07) is 18.3. The molecule has 0 spiro atoms. The third-order valence-electron chi connectivity index (χ3n) is 8.08. The van der Waals surface area contributed by atoms with Crippen LogP contribution >= 0.6 is 0 Å². The van der Waals surface area contributed by atoms with E-state index in [0.29, 0.717) is 12.1 Å². The lowest BCUT2D eigenvalue weighted by atomic mass is 9.89. The van der Waals surface area contributed by atoms with Gasteiger partial charge in [0.25, 0.3) is 0 Å². The number of benzene rings is 1. The van der Waals surface area contributed by atoms with Gasteiger partial charge in [-0.1, -0.05) is 24.3 Å². The molecule has 1 saturated heterocycles. The van der Waals surface area contributed by atoms with Gasteiger partial charge in [-0.15, -0.1) is 0 Å². The normalized spacial score (nSPS) is 22.1. The van der Waals surface area contributed by atoms with Gasteiger partial charge in [-0.05, 0) is 73.7 Å². The van der Waals surface area contributed by atoms with Gasteiger partial charge in [-0.25, -0.2) is 4.98 Å². The van der Waals surface area contributed by atoms with Gasteiger partial charge in [0, 0.05) is 63.4 Å². The van der Waals surface area contributed by atoms with Crippen molar-refractivity contribution in [1.82, 2.24) is 20.2 Å². The predicted molar refractivity (Wildman–Crippen MR) is 142 cm³/mol. The van der Waals surface area contributed by atoms with Crippen LogP contribution in [0.15, 0.2) is 60.9 Å². The Morgan fingerprint density at radius 1 is 0.914 bits per heavy atom. The Bertz CT molecular complexity index is 1140. The third-order valence-corrected chi connectivity index (χ3v) is 8.08. The molecule has 2 atom stereocenters. The highest BCUT2D eigenvalue weighted by molar-refractivity contribution is 5.59. The molecule has 0 radical (unpaired) electrons. The Hall–Kier alpha value is -2.96. The molecule has 4 heterocycles. The molecule has 1 fully saturated rings. The van der Waals surface area contributed by atoms with E-state index in [1.54, 1.807) is 0 Å². The zero-order valence-electron chi connectivity index (χ0n) is 20.7. The van der Waals surface area contributed by atoms with Gasteiger partial charge in [-0.3, -0.25) is 9.88 Å². The fourth-order valence-electron chi connectivity index (χ4n) is 6.23. The first-order valence-electron chi connectivity index (χ1n) is 13.2. The van der Waals surface area contributed by atoms with Crippen LogP contribution in [0.3, 0.4) is 0 Å². The van der Waals surface area contributed by atoms with Gasteiger partial charge < -0.3 is 15.1 Å². The van der Waals surface area contributed by atoms with Crippen LogP contribution in [0.25, 0.3) is 0 Å². The number of nitrogens with zero attached hydrogens (tertiary/aromatic N) is 5. The molecule has 1 aliphatic carbocycles. The first-order chi connectivity index (χ1) is 17.3. The molecule has 35 heavy (non-hydrogen) atoms. The lowest BCUT2D eigenvalue weighted by Crippen LogP contribution is -2.48. The van der Waals surface area contributed by atoms with Crippen molar-refractivity contribution in [3.63, 3.8) is 0 Å². The lowest BCUT2D eigenvalue weighted by molar-refractivity contribution is 0.191. The van der Waals surface area contributed by atoms with Gasteiger partial charge in [0.2, 0.25) is 0 Å². The van der Waals surface area contributed by atoms with E-state index in [-0.39, 0.29) is 0 Å². The van der Waals surface area contributed by atoms with Crippen LogP contribution in [0, 0.1) is 0 Å². The highest BCUT2D eigenvalue weighted by Gasteiger charge is 2.29. The topological polar surface area (TPSA) is 47.5 Å². The third kappa shape index (κ3) is 4.65. The highest BCUT2D eigenvalue weighted by atomic mass is 15.3. The monoisotopic (exact) mass is 468 g/mol. The second kappa shape index (κ2) is 9.96. The van der Waals surface area contributed by atoms with Gasteiger partial charge in [0.05, 0.1) is 11.7 Å². The molecule has 6 rings (SSSR count). The Morgan fingerprint density at radius 3 is 2.60 bits per heavy atom. The molecule has 0 saturated carbocycles. The zero-order chi connectivity index (χ0) is 23.6. The highest BCUT2D eigenvalue weighted by Crippen LogP contribution is 2.34. The summed E-state index contributed by atoms with van der Waals surface area (Å²) in [5.41, 5.74) is 7.16. The second-order valence-electron chi connectivity index (χ2n) is 10.3. The number of nitrogens with one attached hydrogen (secondary N) is 1. The molecule has 3 aliphatic rings. The van der Waals surface area contributed by atoms with E-state index in [1.807, 2.05) is 18.5 Å². The Labute approximate surface area is 209 Å². The van der Waals surface area contributed by atoms with Crippen molar-refractivity contribution in [1.29, 1.82) is 0 Å². The molecule has 0 amide bonds. The number of aryl methyl sites for hydroxylation is 1. The smallest absolute Gasteiger partial charge is 0.128 e. The van der Waals surface area contributed by atoms with Crippen molar-refractivity contribution in [3.05, 3.63) is 83.3 Å². The molecule has 182 valence electrons. The SMILES string of the molecule is CN(C[C@H]1Cc2c(cccc2N2CCN(c3ccccn3)CC2)CN1)[C@H]1CCCc2cccnc21. The lowest BCUT2D eigenvalue weighted by Gasteiger charge is -2.40. The van der Waals surface area contributed by atoms with Gasteiger partial charge >= 0.3 is 0 Å². The molecule has 6 heteroatoms. The summed E-state index contributed by atoms with van der Waals surface area (Å²) < 4.78 is 0. The van der Waals surface area contributed by atoms with Crippen molar-refractivity contribution in [2.24, 2.45) is 0 Å². The van der Waals surface area contributed by atoms with Crippen molar-refractivity contribution in [2.75, 3.05) is 49.6 Å². The van der Waals surface area contributed by atoms with Crippen LogP contribution in [-0.2, 0) is 19.4 Å². The van der Waals surface area contributed by atoms with Crippen molar-refractivity contribution in [2.45, 2.75) is 44.3 Å². The number of aromatic nitrogens is 2. The largest absolute Gasteiger partial charge is 0.368 e. The molecule has 2 aromatic heterocycles. The van der Waals surface area contributed by atoms with Crippen LogP contribution in [0.4, 0.5) is 11.5 Å². The van der Waals surface area contributed by atoms with E-state index < -0.39 is 0 Å². The molecule has 1 aromatic carbocycles. The maximum Gasteiger partial charge on any atom is 0.128 e. The average molecular weight is 469 g/mol. The molecule has 1 N–H and O–H groups in total. The minimum absolute atomic E-state index is 0.429. The van der Waals surface area contributed by atoms with E-state index in [4.69, 9.17) is 4.98 Å². The molecule has 6 nitrogen and oxygen atoms in total. The summed E-state index contributed by atoms with van der Waals surface area (Å²) in [7, 11) is 2.29. The van der Waals surface area contributed by atoms with Crippen molar-refractivity contribution >= 4 is 11.5 Å². The Kier molecular flexibility index (Phi) is 6.40. The standard InChI is InChI=1S/C29H36N6/c1-33(27-11-4-7-22-9-6-14-31-29(22)27)21-24-19-25-23(20-32-24)8-5-10-26(25)34-15-17-35(18-16-34)28-12-2-3-13-30-28/h2-3,5-6,8-10,12-14,24,27,32H,4,7,11,15-21H2,1H3/t24-,27+/m1/s1. The zero-order valence-corrected chi connectivity index (χ0v) is 20.7. The Morgan fingerprint density at radius 2 is 1.74 bits per heavy atom. The summed E-state index contributed by atoms with van der Waals surface area (Å²) in [4.78, 5) is 16.9. The summed E-state index contributed by atoms with van der Waals surface area (Å²) in [6.07, 6.45) is 8.55. The second-order valence-corrected chi connectivity index (χ2v) is 10.3. The van der Waals surface area contributed by atoms with Crippen molar-refractivity contribution in [3.8, 4) is 0 Å². The van der Waals surface area contributed by atoms with Crippen molar-refractivity contribution < 1.29 is 0 Å². The van der Waals surface area contributed by atoms with Gasteiger partial charge in [0.15, 0.2) is 0 Å². The number of rotatable bonds is 5. The van der Waals surface area contributed by atoms with E-state index in [2.05, 4.69) is 74.5 Å². The predicted octanol–water partition coefficient (Wildman–Crippen LogP) is 3.83. The summed E-state index contributed by atoms with van der Waals surface area (Å²) in [5, 5.41) is 3.83. The van der Waals surface area contributed by atoms with Crippen LogP contribution in [0.2, 0.25) is 0 Å². The fourth-order valence-corrected chi connectivity index (χ4v) is 6.23. The minimum Gasteiger partial charge on any atom is -0.368 e. The number of fused-ring (bicyclic) bond motifs is 2. The summed E-state index contributed by atoms with van der Waals surface area (Å²) in [5.74, 6) is 1.09. The molecular formula is C29H36N6. The number of piperazine rings is 1. The molecular weight excluding hydrogens is 432 g/mol. The fraction of sp³-hybridized carbons (Fsp3) is 0.448. The summed E-state index contributed by atoms with van der Waals surface area (Å²) >= 11 is 0. The van der Waals surface area contributed by atoms with E-state index in [1.165, 1.54) is 47.3 Å². The summed E-state index contributed by atoms with van der Waals surface area (Å²) in [6.45, 7) is 6.10. The maximum absolute atomic E-state index is 4.78. The first kappa shape index (κ1) is 22.5. The number of likely N-dealkylation sites (N-methyl/N-ethyl adjacent to an activating group) is 1. The van der Waals surface area contributed by atoms with E-state index in [0.717, 1.165) is 51.5 Å². The number of hydrogen-bond acceptors (Lipinski definition) is 6. The number of pyridine rings is 2. The number of hydrogen-bond donors (Lipinski definition) is 1. The molecule has 3 aromatic rings. The first-order valence-corrected chi connectivity index (χ1v) is 13.2. The van der Waals surface area contributed by atoms with Gasteiger partial charge in [0.1, 0.15) is 5.82 Å². The minimum atomic E-state index is 0.429. The maximum atomic E-state index is 4.78. The van der Waals surface area contributed by atoms with Crippen LogP contribution in [0.5, 0.6) is 0 Å². The quantitative estimate of drug-likeness (QED) is 0.614. The van der Waals surface area contributed by atoms with Gasteiger partial charge in [-0.2, -0.15) is 0 Å². The van der Waals surface area contributed by atoms with E-state index in [9.17, 15) is 0 Å². The van der Waals surface area contributed by atoms with Crippen LogP contribution in [-0.4, -0.2) is 60.7 Å². The van der Waals surface area contributed by atoms with Crippen LogP contribution < -0.4 is 15.1 Å². The molecule has 0 unspecified atom stereocenters. The molecule has 2 aliphatic heterocycles.